The van der Waals surface area contributed by atoms with E-state index in [0.717, 1.165) is 11.4 Å². The van der Waals surface area contributed by atoms with Crippen LogP contribution in [-0.4, -0.2) is 56.0 Å². The zero-order valence-electron chi connectivity index (χ0n) is 14.8. The summed E-state index contributed by atoms with van der Waals surface area (Å²) in [4.78, 5) is 2.21. The smallest absolute Gasteiger partial charge is 0.243 e. The van der Waals surface area contributed by atoms with Crippen molar-refractivity contribution in [2.75, 3.05) is 38.6 Å². The van der Waals surface area contributed by atoms with Gasteiger partial charge in [-0.25, -0.2) is 8.42 Å². The second-order valence-corrected chi connectivity index (χ2v) is 8.77. The molecule has 0 bridgehead atoms. The van der Waals surface area contributed by atoms with Crippen molar-refractivity contribution in [3.63, 3.8) is 0 Å². The second-order valence-electron chi connectivity index (χ2n) is 6.01. The summed E-state index contributed by atoms with van der Waals surface area (Å²) in [5.41, 5.74) is 0.829. The predicted molar refractivity (Wildman–Crippen MR) is 111 cm³/mol. The molecule has 1 N–H and O–H groups in total. The quantitative estimate of drug-likeness (QED) is 0.759. The van der Waals surface area contributed by atoms with Gasteiger partial charge in [-0.15, -0.1) is 0 Å². The molecule has 0 spiro atoms. The van der Waals surface area contributed by atoms with Crippen LogP contribution < -0.4 is 10.1 Å². The first-order chi connectivity index (χ1) is 12.9. The molecule has 2 aromatic rings. The van der Waals surface area contributed by atoms with E-state index < -0.39 is 10.0 Å². The molecule has 0 saturated carbocycles. The van der Waals surface area contributed by atoms with Gasteiger partial charge in [0.2, 0.25) is 10.0 Å². The number of hydrogen-bond donors (Lipinski definition) is 1. The molecule has 1 fully saturated rings. The van der Waals surface area contributed by atoms with Crippen molar-refractivity contribution in [2.24, 2.45) is 0 Å². The molecule has 1 aliphatic heterocycles. The summed E-state index contributed by atoms with van der Waals surface area (Å²) in [6, 6.07) is 13.7. The molecule has 3 rings (SSSR count). The molecule has 0 atom stereocenters. The number of anilines is 1. The third kappa shape index (κ3) is 4.70. The number of hydrogen-bond acceptors (Lipinski definition) is 4. The fraction of sp³-hybridized carbons (Fsp3) is 0.278. The van der Waals surface area contributed by atoms with Gasteiger partial charge in [-0.05, 0) is 48.6 Å². The highest BCUT2D eigenvalue weighted by molar-refractivity contribution is 7.89. The third-order valence-electron chi connectivity index (χ3n) is 4.30. The Balaban J connectivity index is 1.61. The van der Waals surface area contributed by atoms with E-state index in [9.17, 15) is 8.42 Å². The molecule has 27 heavy (non-hydrogen) atoms. The van der Waals surface area contributed by atoms with Gasteiger partial charge in [-0.3, -0.25) is 0 Å². The first-order valence-corrected chi connectivity index (χ1v) is 10.6. The highest BCUT2D eigenvalue weighted by atomic mass is 35.5. The summed E-state index contributed by atoms with van der Waals surface area (Å²) >= 11 is 11.3. The summed E-state index contributed by atoms with van der Waals surface area (Å²) in [7, 11) is -1.92. The number of sulfonamides is 1. The zero-order chi connectivity index (χ0) is 19.4. The summed E-state index contributed by atoms with van der Waals surface area (Å²) in [6.45, 7) is 1.76. The van der Waals surface area contributed by atoms with Crippen molar-refractivity contribution in [3.8, 4) is 5.75 Å². The van der Waals surface area contributed by atoms with Crippen LogP contribution in [0.3, 0.4) is 0 Å². The Bertz CT molecular complexity index is 912. The topological polar surface area (TPSA) is 61.9 Å². The van der Waals surface area contributed by atoms with E-state index in [1.54, 1.807) is 19.2 Å². The number of nitrogens with zero attached hydrogens (tertiary/aromatic N) is 2. The van der Waals surface area contributed by atoms with Gasteiger partial charge in [0, 0.05) is 43.0 Å². The van der Waals surface area contributed by atoms with Crippen LogP contribution in [0.4, 0.5) is 5.69 Å². The van der Waals surface area contributed by atoms with E-state index in [1.165, 1.54) is 16.4 Å². The molecule has 1 saturated heterocycles. The molecule has 1 heterocycles. The lowest BCUT2D eigenvalue weighted by Crippen LogP contribution is -2.51. The number of benzene rings is 2. The number of piperazine rings is 1. The van der Waals surface area contributed by atoms with Gasteiger partial charge in [0.05, 0.1) is 12.0 Å². The van der Waals surface area contributed by atoms with Gasteiger partial charge >= 0.3 is 0 Å². The molecule has 0 radical (unpaired) electrons. The summed E-state index contributed by atoms with van der Waals surface area (Å²) < 4.78 is 32.2. The molecule has 0 amide bonds. The number of rotatable bonds is 4. The van der Waals surface area contributed by atoms with Gasteiger partial charge in [0.1, 0.15) is 5.75 Å². The maximum absolute atomic E-state index is 12.7. The SMILES string of the molecule is COc1cccc(NC(=S)N2CCN(S(=O)(=O)c3ccc(Cl)cc3)CC2)c1. The Morgan fingerprint density at radius 1 is 1.11 bits per heavy atom. The minimum absolute atomic E-state index is 0.248. The third-order valence-corrected chi connectivity index (χ3v) is 6.82. The molecule has 144 valence electrons. The molecule has 0 aliphatic carbocycles. The highest BCUT2D eigenvalue weighted by Crippen LogP contribution is 2.21. The summed E-state index contributed by atoms with van der Waals surface area (Å²) in [5.74, 6) is 0.738. The van der Waals surface area contributed by atoms with Crippen LogP contribution in [0, 0.1) is 0 Å². The molecule has 1 aliphatic rings. The van der Waals surface area contributed by atoms with Crippen molar-refractivity contribution in [1.82, 2.24) is 9.21 Å². The van der Waals surface area contributed by atoms with Crippen LogP contribution in [0.25, 0.3) is 0 Å². The van der Waals surface area contributed by atoms with Crippen LogP contribution in [0.5, 0.6) is 5.75 Å². The fourth-order valence-corrected chi connectivity index (χ4v) is 4.64. The molecule has 0 unspecified atom stereocenters. The molecule has 9 heteroatoms. The molecule has 2 aromatic carbocycles. The lowest BCUT2D eigenvalue weighted by atomic mass is 10.3. The first-order valence-electron chi connectivity index (χ1n) is 8.36. The minimum Gasteiger partial charge on any atom is -0.497 e. The van der Waals surface area contributed by atoms with Crippen molar-refractivity contribution >= 4 is 44.6 Å². The average Bonchev–Trinajstić information content (AvgIpc) is 2.68. The maximum Gasteiger partial charge on any atom is 0.243 e. The van der Waals surface area contributed by atoms with Gasteiger partial charge in [-0.2, -0.15) is 4.31 Å². The van der Waals surface area contributed by atoms with Crippen molar-refractivity contribution in [3.05, 3.63) is 53.6 Å². The normalized spacial score (nSPS) is 15.4. The van der Waals surface area contributed by atoms with E-state index in [4.69, 9.17) is 28.6 Å². The minimum atomic E-state index is -3.53. The number of nitrogens with one attached hydrogen (secondary N) is 1. The number of halogens is 1. The maximum atomic E-state index is 12.7. The lowest BCUT2D eigenvalue weighted by molar-refractivity contribution is 0.268. The van der Waals surface area contributed by atoms with Gasteiger partial charge in [-0.1, -0.05) is 17.7 Å². The van der Waals surface area contributed by atoms with Crippen molar-refractivity contribution in [2.45, 2.75) is 4.90 Å². The highest BCUT2D eigenvalue weighted by Gasteiger charge is 2.29. The van der Waals surface area contributed by atoms with E-state index in [2.05, 4.69) is 5.32 Å². The van der Waals surface area contributed by atoms with Crippen LogP contribution in [-0.2, 0) is 10.0 Å². The van der Waals surface area contributed by atoms with Crippen molar-refractivity contribution < 1.29 is 13.2 Å². The van der Waals surface area contributed by atoms with Crippen molar-refractivity contribution in [1.29, 1.82) is 0 Å². The van der Waals surface area contributed by atoms with E-state index >= 15 is 0 Å². The van der Waals surface area contributed by atoms with Gasteiger partial charge < -0.3 is 15.0 Å². The standard InChI is InChI=1S/C18H20ClN3O3S2/c1-25-16-4-2-3-15(13-16)20-18(26)21-9-11-22(12-10-21)27(23,24)17-7-5-14(19)6-8-17/h2-8,13H,9-12H2,1H3,(H,20,26). The molecule has 6 nitrogen and oxygen atoms in total. The summed E-state index contributed by atoms with van der Waals surface area (Å²) in [6.07, 6.45) is 0. The van der Waals surface area contributed by atoms with Crippen LogP contribution >= 0.6 is 23.8 Å². The fourth-order valence-electron chi connectivity index (χ4n) is 2.79. The second kappa shape index (κ2) is 8.43. The van der Waals surface area contributed by atoms with Gasteiger partial charge in [0.25, 0.3) is 0 Å². The molecular weight excluding hydrogens is 406 g/mol. The number of ether oxygens (including phenoxy) is 1. The Morgan fingerprint density at radius 3 is 2.41 bits per heavy atom. The monoisotopic (exact) mass is 425 g/mol. The van der Waals surface area contributed by atoms with Crippen LogP contribution in [0.15, 0.2) is 53.4 Å². The number of methoxy groups -OCH3 is 1. The average molecular weight is 426 g/mol. The Labute approximate surface area is 169 Å². The predicted octanol–water partition coefficient (Wildman–Crippen LogP) is 3.05. The van der Waals surface area contributed by atoms with E-state index in [1.807, 2.05) is 29.2 Å². The van der Waals surface area contributed by atoms with E-state index in [0.29, 0.717) is 36.3 Å². The number of thiocarbonyl (C=S) groups is 1. The van der Waals surface area contributed by atoms with Crippen LogP contribution in [0.1, 0.15) is 0 Å². The lowest BCUT2D eigenvalue weighted by Gasteiger charge is -2.35. The summed E-state index contributed by atoms with van der Waals surface area (Å²) in [5, 5.41) is 4.24. The molecular formula is C18H20ClN3O3S2. The molecule has 0 aromatic heterocycles. The largest absolute Gasteiger partial charge is 0.497 e. The Kier molecular flexibility index (Phi) is 6.21. The van der Waals surface area contributed by atoms with Crippen LogP contribution in [0.2, 0.25) is 5.02 Å². The zero-order valence-corrected chi connectivity index (χ0v) is 17.1. The first kappa shape index (κ1) is 19.9. The Hall–Kier alpha value is -1.87. The Morgan fingerprint density at radius 2 is 1.78 bits per heavy atom. The van der Waals surface area contributed by atoms with E-state index in [-0.39, 0.29) is 4.90 Å². The van der Waals surface area contributed by atoms with Gasteiger partial charge in [0.15, 0.2) is 5.11 Å².